The first kappa shape index (κ1) is 15.5. The van der Waals surface area contributed by atoms with Gasteiger partial charge in [0.15, 0.2) is 10.9 Å². The highest BCUT2D eigenvalue weighted by Gasteiger charge is 2.09. The number of amides is 1. The van der Waals surface area contributed by atoms with E-state index in [0.717, 1.165) is 9.90 Å². The van der Waals surface area contributed by atoms with E-state index in [9.17, 15) is 9.59 Å². The number of aromatic nitrogens is 1. The summed E-state index contributed by atoms with van der Waals surface area (Å²) >= 11 is 2.79. The van der Waals surface area contributed by atoms with E-state index in [2.05, 4.69) is 10.3 Å². The van der Waals surface area contributed by atoms with Crippen LogP contribution >= 0.6 is 23.1 Å². The van der Waals surface area contributed by atoms with Gasteiger partial charge < -0.3 is 11.1 Å². The Morgan fingerprint density at radius 1 is 1.33 bits per heavy atom. The number of nitrogens with zero attached hydrogens (tertiary/aromatic N) is 1. The van der Waals surface area contributed by atoms with Crippen LogP contribution in [0.4, 0.5) is 10.8 Å². The number of thiazole rings is 1. The average molecular weight is 321 g/mol. The van der Waals surface area contributed by atoms with E-state index in [1.54, 1.807) is 24.3 Å². The number of nitrogens with one attached hydrogen (secondary N) is 1. The number of Topliss-reactive ketones (excluding diaryl/α,β-unsaturated/α-hetero) is 1. The Kier molecular flexibility index (Phi) is 4.98. The molecule has 1 amide bonds. The molecule has 0 saturated heterocycles. The van der Waals surface area contributed by atoms with Crippen molar-refractivity contribution in [3.8, 4) is 0 Å². The molecular weight excluding hydrogens is 306 g/mol. The molecular formula is C14H15N3O2S2. The first-order valence-corrected chi connectivity index (χ1v) is 8.02. The van der Waals surface area contributed by atoms with Gasteiger partial charge in [-0.25, -0.2) is 4.98 Å². The van der Waals surface area contributed by atoms with Gasteiger partial charge in [-0.2, -0.15) is 0 Å². The molecule has 2 aromatic rings. The SMILES string of the molecule is CC(=O)c1ccc(NC(=O)CSc2sc(N)nc2C)cc1. The zero-order valence-corrected chi connectivity index (χ0v) is 13.3. The number of nitrogens with two attached hydrogens (primary N) is 1. The molecule has 0 unspecified atom stereocenters. The van der Waals surface area contributed by atoms with Crippen molar-refractivity contribution >= 4 is 45.6 Å². The number of benzene rings is 1. The molecule has 7 heteroatoms. The molecule has 0 bridgehead atoms. The summed E-state index contributed by atoms with van der Waals surface area (Å²) in [5, 5.41) is 3.30. The van der Waals surface area contributed by atoms with Gasteiger partial charge in [-0.15, -0.1) is 11.8 Å². The molecule has 5 nitrogen and oxygen atoms in total. The summed E-state index contributed by atoms with van der Waals surface area (Å²) < 4.78 is 0.953. The summed E-state index contributed by atoms with van der Waals surface area (Å²) in [6, 6.07) is 6.82. The van der Waals surface area contributed by atoms with Gasteiger partial charge in [0.1, 0.15) is 0 Å². The van der Waals surface area contributed by atoms with Crippen molar-refractivity contribution in [1.29, 1.82) is 0 Å². The second-order valence-electron chi connectivity index (χ2n) is 4.40. The zero-order valence-electron chi connectivity index (χ0n) is 11.7. The maximum Gasteiger partial charge on any atom is 0.234 e. The normalized spacial score (nSPS) is 10.4. The first-order valence-electron chi connectivity index (χ1n) is 6.22. The fraction of sp³-hybridized carbons (Fsp3) is 0.214. The average Bonchev–Trinajstić information content (AvgIpc) is 2.75. The lowest BCUT2D eigenvalue weighted by atomic mass is 10.1. The Hall–Kier alpha value is -1.86. The summed E-state index contributed by atoms with van der Waals surface area (Å²) in [5.74, 6) is 0.181. The third-order valence-corrected chi connectivity index (χ3v) is 5.03. The smallest absolute Gasteiger partial charge is 0.234 e. The van der Waals surface area contributed by atoms with E-state index >= 15 is 0 Å². The van der Waals surface area contributed by atoms with Crippen molar-refractivity contribution in [3.63, 3.8) is 0 Å². The molecule has 1 heterocycles. The monoisotopic (exact) mass is 321 g/mol. The Balaban J connectivity index is 1.89. The summed E-state index contributed by atoms with van der Waals surface area (Å²) in [6.45, 7) is 3.38. The van der Waals surface area contributed by atoms with E-state index < -0.39 is 0 Å². The summed E-state index contributed by atoms with van der Waals surface area (Å²) in [4.78, 5) is 27.2. The highest BCUT2D eigenvalue weighted by molar-refractivity contribution is 8.01. The predicted octanol–water partition coefficient (Wildman–Crippen LogP) is 2.97. The van der Waals surface area contributed by atoms with E-state index in [-0.39, 0.29) is 17.4 Å². The van der Waals surface area contributed by atoms with Crippen molar-refractivity contribution in [2.45, 2.75) is 18.1 Å². The number of hydrogen-bond acceptors (Lipinski definition) is 6. The number of anilines is 2. The summed E-state index contributed by atoms with van der Waals surface area (Å²) in [7, 11) is 0. The van der Waals surface area contributed by atoms with Crippen LogP contribution in [0, 0.1) is 6.92 Å². The number of ketones is 1. The Bertz CT molecular complexity index is 665. The molecule has 110 valence electrons. The van der Waals surface area contributed by atoms with Crippen LogP contribution in [0.3, 0.4) is 0 Å². The third-order valence-electron chi connectivity index (χ3n) is 2.68. The molecule has 0 radical (unpaired) electrons. The first-order chi connectivity index (χ1) is 9.95. The summed E-state index contributed by atoms with van der Waals surface area (Å²) in [5.41, 5.74) is 7.76. The molecule has 0 fully saturated rings. The van der Waals surface area contributed by atoms with Gasteiger partial charge in [-0.05, 0) is 38.1 Å². The number of nitrogen functional groups attached to an aromatic ring is 1. The fourth-order valence-electron chi connectivity index (χ4n) is 1.65. The van der Waals surface area contributed by atoms with Crippen molar-refractivity contribution in [2.75, 3.05) is 16.8 Å². The van der Waals surface area contributed by atoms with Gasteiger partial charge in [0.25, 0.3) is 0 Å². The molecule has 0 aliphatic carbocycles. The van der Waals surface area contributed by atoms with Crippen molar-refractivity contribution in [1.82, 2.24) is 4.98 Å². The van der Waals surface area contributed by atoms with Gasteiger partial charge in [0.2, 0.25) is 5.91 Å². The summed E-state index contributed by atoms with van der Waals surface area (Å²) in [6.07, 6.45) is 0. The molecule has 2 rings (SSSR count). The van der Waals surface area contributed by atoms with Crippen LogP contribution in [0.25, 0.3) is 0 Å². The fourth-order valence-corrected chi connectivity index (χ4v) is 3.48. The minimum atomic E-state index is -0.109. The Labute approximate surface area is 131 Å². The molecule has 1 aromatic heterocycles. The number of carbonyl (C=O) groups is 2. The maximum absolute atomic E-state index is 11.9. The molecule has 0 spiro atoms. The third kappa shape index (κ3) is 4.30. The van der Waals surface area contributed by atoms with Crippen LogP contribution in [0.15, 0.2) is 28.5 Å². The molecule has 0 saturated carbocycles. The standard InChI is InChI=1S/C14H15N3O2S2/c1-8-13(21-14(15)16-8)20-7-12(19)17-11-5-3-10(4-6-11)9(2)18/h3-6H,7H2,1-2H3,(H2,15,16)(H,17,19). The molecule has 1 aromatic carbocycles. The Morgan fingerprint density at radius 2 is 2.00 bits per heavy atom. The van der Waals surface area contributed by atoms with Crippen molar-refractivity contribution in [3.05, 3.63) is 35.5 Å². The minimum absolute atomic E-state index is 0.00157. The predicted molar refractivity (Wildman–Crippen MR) is 87.1 cm³/mol. The highest BCUT2D eigenvalue weighted by Crippen LogP contribution is 2.30. The molecule has 0 aliphatic rings. The highest BCUT2D eigenvalue weighted by atomic mass is 32.2. The van der Waals surface area contributed by atoms with Gasteiger partial charge in [0, 0.05) is 11.3 Å². The van der Waals surface area contributed by atoms with Crippen LogP contribution in [0.2, 0.25) is 0 Å². The van der Waals surface area contributed by atoms with Gasteiger partial charge in [-0.3, -0.25) is 9.59 Å². The lowest BCUT2D eigenvalue weighted by molar-refractivity contribution is -0.113. The second kappa shape index (κ2) is 6.73. The van der Waals surface area contributed by atoms with E-state index in [1.165, 1.54) is 30.0 Å². The van der Waals surface area contributed by atoms with Crippen LogP contribution in [-0.4, -0.2) is 22.4 Å². The van der Waals surface area contributed by atoms with Gasteiger partial charge in [-0.1, -0.05) is 11.3 Å². The lowest BCUT2D eigenvalue weighted by Crippen LogP contribution is -2.13. The quantitative estimate of drug-likeness (QED) is 0.653. The molecule has 21 heavy (non-hydrogen) atoms. The number of rotatable bonds is 5. The number of aryl methyl sites for hydroxylation is 1. The van der Waals surface area contributed by atoms with Crippen LogP contribution in [-0.2, 0) is 4.79 Å². The van der Waals surface area contributed by atoms with Crippen LogP contribution < -0.4 is 11.1 Å². The van der Waals surface area contributed by atoms with Crippen molar-refractivity contribution < 1.29 is 9.59 Å². The lowest BCUT2D eigenvalue weighted by Gasteiger charge is -2.05. The van der Waals surface area contributed by atoms with Gasteiger partial charge in [0.05, 0.1) is 15.7 Å². The number of hydrogen-bond donors (Lipinski definition) is 2. The largest absolute Gasteiger partial charge is 0.375 e. The molecule has 0 atom stereocenters. The maximum atomic E-state index is 11.9. The van der Waals surface area contributed by atoms with Crippen molar-refractivity contribution in [2.24, 2.45) is 0 Å². The van der Waals surface area contributed by atoms with E-state index in [1.807, 2.05) is 6.92 Å². The topological polar surface area (TPSA) is 85.1 Å². The number of thioether (sulfide) groups is 1. The number of carbonyl (C=O) groups excluding carboxylic acids is 2. The minimum Gasteiger partial charge on any atom is -0.375 e. The van der Waals surface area contributed by atoms with Gasteiger partial charge >= 0.3 is 0 Å². The zero-order chi connectivity index (χ0) is 15.4. The molecule has 3 N–H and O–H groups in total. The second-order valence-corrected chi connectivity index (χ2v) is 6.67. The van der Waals surface area contributed by atoms with Crippen LogP contribution in [0.1, 0.15) is 23.0 Å². The van der Waals surface area contributed by atoms with E-state index in [0.29, 0.717) is 16.4 Å². The Morgan fingerprint density at radius 3 is 2.52 bits per heavy atom. The van der Waals surface area contributed by atoms with Crippen LogP contribution in [0.5, 0.6) is 0 Å². The van der Waals surface area contributed by atoms with E-state index in [4.69, 9.17) is 5.73 Å². The molecule has 0 aliphatic heterocycles.